The minimum absolute atomic E-state index is 0.0554. The summed E-state index contributed by atoms with van der Waals surface area (Å²) >= 11 is 0. The molecule has 0 unspecified atom stereocenters. The first-order valence-electron chi connectivity index (χ1n) is 10.7. The molecule has 0 spiro atoms. The zero-order chi connectivity index (χ0) is 20.7. The highest BCUT2D eigenvalue weighted by molar-refractivity contribution is 5.86. The van der Waals surface area contributed by atoms with E-state index < -0.39 is 0 Å². The zero-order valence-corrected chi connectivity index (χ0v) is 17.1. The first-order chi connectivity index (χ1) is 14.6. The summed E-state index contributed by atoms with van der Waals surface area (Å²) in [4.78, 5) is 18.5. The number of ether oxygens (including phenoxy) is 1. The third kappa shape index (κ3) is 3.76. The summed E-state index contributed by atoms with van der Waals surface area (Å²) in [5, 5.41) is 1.07. The van der Waals surface area contributed by atoms with Crippen LogP contribution in [0.3, 0.4) is 0 Å². The number of hydrogen-bond acceptors (Lipinski definition) is 3. The number of rotatable bonds is 4. The number of nitrogens with zero attached hydrogens (tertiary/aromatic N) is 2. The van der Waals surface area contributed by atoms with Crippen LogP contribution in [-0.2, 0) is 4.79 Å². The van der Waals surface area contributed by atoms with Gasteiger partial charge in [-0.05, 0) is 66.8 Å². The highest BCUT2D eigenvalue weighted by Gasteiger charge is 2.35. The van der Waals surface area contributed by atoms with Crippen LogP contribution in [0.15, 0.2) is 48.7 Å². The predicted octanol–water partition coefficient (Wildman–Crippen LogP) is 5.13. The summed E-state index contributed by atoms with van der Waals surface area (Å²) in [6.45, 7) is 3.42. The predicted molar refractivity (Wildman–Crippen MR) is 115 cm³/mol. The normalized spacial score (nSPS) is 17.3. The van der Waals surface area contributed by atoms with Gasteiger partial charge < -0.3 is 9.64 Å². The van der Waals surface area contributed by atoms with E-state index in [-0.39, 0.29) is 29.5 Å². The second-order valence-electron chi connectivity index (χ2n) is 8.43. The van der Waals surface area contributed by atoms with E-state index in [0.29, 0.717) is 13.1 Å². The molecule has 0 radical (unpaired) electrons. The summed E-state index contributed by atoms with van der Waals surface area (Å²) in [6.07, 6.45) is 5.26. The molecule has 30 heavy (non-hydrogen) atoms. The number of pyridine rings is 1. The van der Waals surface area contributed by atoms with Crippen LogP contribution < -0.4 is 4.74 Å². The summed E-state index contributed by atoms with van der Waals surface area (Å²) in [6, 6.07) is 13.2. The lowest BCUT2D eigenvalue weighted by atomic mass is 9.98. The number of carbonyl (C=O) groups excluding carboxylic acids is 1. The van der Waals surface area contributed by atoms with Crippen LogP contribution in [0.25, 0.3) is 22.0 Å². The van der Waals surface area contributed by atoms with Gasteiger partial charge in [-0.3, -0.25) is 9.78 Å². The fourth-order valence-electron chi connectivity index (χ4n) is 4.27. The van der Waals surface area contributed by atoms with Crippen molar-refractivity contribution >= 4 is 16.8 Å². The standard InChI is InChI=1S/C25H25FN2O2/c1-16-13-19-3-2-10-27-23(19)15-21(16)18-6-7-24(22(26)14-18)30-20-8-11-28(12-9-20)25(29)17-4-5-17/h2-3,6-7,10,13-15,17,20H,4-5,8-9,11-12H2,1H3. The Kier molecular flexibility index (Phi) is 4.89. The number of carbonyl (C=O) groups is 1. The molecule has 0 N–H and O–H groups in total. The van der Waals surface area contributed by atoms with Crippen LogP contribution in [0.5, 0.6) is 5.75 Å². The Hall–Kier alpha value is -2.95. The SMILES string of the molecule is Cc1cc2cccnc2cc1-c1ccc(OC2CCN(C(=O)C3CC3)CC2)c(F)c1. The van der Waals surface area contributed by atoms with Crippen LogP contribution >= 0.6 is 0 Å². The second kappa shape index (κ2) is 7.71. The maximum absolute atomic E-state index is 14.9. The number of aromatic nitrogens is 1. The Morgan fingerprint density at radius 3 is 2.63 bits per heavy atom. The van der Waals surface area contributed by atoms with Crippen molar-refractivity contribution in [3.05, 3.63) is 60.0 Å². The van der Waals surface area contributed by atoms with Gasteiger partial charge in [-0.1, -0.05) is 12.1 Å². The molecule has 2 aliphatic rings. The van der Waals surface area contributed by atoms with Gasteiger partial charge in [-0.2, -0.15) is 0 Å². The summed E-state index contributed by atoms with van der Waals surface area (Å²) < 4.78 is 20.8. The van der Waals surface area contributed by atoms with Gasteiger partial charge in [0, 0.05) is 43.4 Å². The molecule has 2 heterocycles. The van der Waals surface area contributed by atoms with Crippen LogP contribution in [0.4, 0.5) is 4.39 Å². The quantitative estimate of drug-likeness (QED) is 0.605. The van der Waals surface area contributed by atoms with E-state index >= 15 is 0 Å². The maximum atomic E-state index is 14.9. The molecule has 2 aromatic carbocycles. The van der Waals surface area contributed by atoms with Gasteiger partial charge >= 0.3 is 0 Å². The molecule has 1 saturated carbocycles. The van der Waals surface area contributed by atoms with Gasteiger partial charge in [0.1, 0.15) is 6.10 Å². The highest BCUT2D eigenvalue weighted by Crippen LogP contribution is 2.33. The summed E-state index contributed by atoms with van der Waals surface area (Å²) in [7, 11) is 0. The van der Waals surface area contributed by atoms with Crippen molar-refractivity contribution in [2.75, 3.05) is 13.1 Å². The number of aryl methyl sites for hydroxylation is 1. The van der Waals surface area contributed by atoms with Crippen LogP contribution in [-0.4, -0.2) is 35.0 Å². The smallest absolute Gasteiger partial charge is 0.225 e. The topological polar surface area (TPSA) is 42.4 Å². The molecule has 1 aliphatic heterocycles. The minimum Gasteiger partial charge on any atom is -0.487 e. The third-order valence-corrected chi connectivity index (χ3v) is 6.17. The number of halogens is 1. The first kappa shape index (κ1) is 19.0. The lowest BCUT2D eigenvalue weighted by Crippen LogP contribution is -2.42. The summed E-state index contributed by atoms with van der Waals surface area (Å²) in [5.74, 6) is 0.456. The molecular weight excluding hydrogens is 379 g/mol. The van der Waals surface area contributed by atoms with Crippen molar-refractivity contribution in [2.45, 2.75) is 38.7 Å². The molecule has 4 nitrogen and oxygen atoms in total. The van der Waals surface area contributed by atoms with Gasteiger partial charge in [-0.25, -0.2) is 4.39 Å². The Bertz CT molecular complexity index is 1100. The van der Waals surface area contributed by atoms with Crippen molar-refractivity contribution in [3.63, 3.8) is 0 Å². The zero-order valence-electron chi connectivity index (χ0n) is 17.1. The van der Waals surface area contributed by atoms with Crippen molar-refractivity contribution in [1.29, 1.82) is 0 Å². The monoisotopic (exact) mass is 404 g/mol. The molecule has 0 bridgehead atoms. The molecule has 2 fully saturated rings. The molecule has 1 aromatic heterocycles. The highest BCUT2D eigenvalue weighted by atomic mass is 19.1. The fourth-order valence-corrected chi connectivity index (χ4v) is 4.27. The number of benzene rings is 2. The van der Waals surface area contributed by atoms with Crippen LogP contribution in [0.1, 0.15) is 31.2 Å². The van der Waals surface area contributed by atoms with E-state index in [0.717, 1.165) is 53.3 Å². The lowest BCUT2D eigenvalue weighted by Gasteiger charge is -2.32. The van der Waals surface area contributed by atoms with E-state index in [9.17, 15) is 9.18 Å². The molecule has 1 saturated heterocycles. The number of amides is 1. The Balaban J connectivity index is 1.29. The van der Waals surface area contributed by atoms with Crippen molar-refractivity contribution in [3.8, 4) is 16.9 Å². The fraction of sp³-hybridized carbons (Fsp3) is 0.360. The maximum Gasteiger partial charge on any atom is 0.225 e. The third-order valence-electron chi connectivity index (χ3n) is 6.17. The average molecular weight is 404 g/mol. The molecular formula is C25H25FN2O2. The Morgan fingerprint density at radius 2 is 1.90 bits per heavy atom. The van der Waals surface area contributed by atoms with Gasteiger partial charge in [0.25, 0.3) is 0 Å². The largest absolute Gasteiger partial charge is 0.487 e. The molecule has 5 heteroatoms. The second-order valence-corrected chi connectivity index (χ2v) is 8.43. The molecule has 5 rings (SSSR count). The molecule has 1 aliphatic carbocycles. The van der Waals surface area contributed by atoms with Gasteiger partial charge in [-0.15, -0.1) is 0 Å². The Morgan fingerprint density at radius 1 is 1.10 bits per heavy atom. The molecule has 1 amide bonds. The molecule has 154 valence electrons. The Labute approximate surface area is 175 Å². The van der Waals surface area contributed by atoms with Crippen molar-refractivity contribution < 1.29 is 13.9 Å². The average Bonchev–Trinajstić information content (AvgIpc) is 3.60. The number of fused-ring (bicyclic) bond motifs is 1. The first-order valence-corrected chi connectivity index (χ1v) is 10.7. The number of likely N-dealkylation sites (tertiary alicyclic amines) is 1. The van der Waals surface area contributed by atoms with Crippen LogP contribution in [0.2, 0.25) is 0 Å². The molecule has 3 aromatic rings. The lowest BCUT2D eigenvalue weighted by molar-refractivity contribution is -0.134. The van der Waals surface area contributed by atoms with Crippen LogP contribution in [0, 0.1) is 18.7 Å². The van der Waals surface area contributed by atoms with E-state index in [1.807, 2.05) is 36.1 Å². The van der Waals surface area contributed by atoms with Gasteiger partial charge in [0.2, 0.25) is 5.91 Å². The van der Waals surface area contributed by atoms with Gasteiger partial charge in [0.15, 0.2) is 11.6 Å². The minimum atomic E-state index is -0.357. The molecule has 0 atom stereocenters. The van der Waals surface area contributed by atoms with E-state index in [1.165, 1.54) is 6.07 Å². The van der Waals surface area contributed by atoms with E-state index in [1.54, 1.807) is 12.3 Å². The number of piperidine rings is 1. The van der Waals surface area contributed by atoms with Crippen molar-refractivity contribution in [2.24, 2.45) is 5.92 Å². The van der Waals surface area contributed by atoms with Crippen molar-refractivity contribution in [1.82, 2.24) is 9.88 Å². The summed E-state index contributed by atoms with van der Waals surface area (Å²) in [5.41, 5.74) is 3.76. The number of hydrogen-bond donors (Lipinski definition) is 0. The van der Waals surface area contributed by atoms with E-state index in [4.69, 9.17) is 4.74 Å². The van der Waals surface area contributed by atoms with E-state index in [2.05, 4.69) is 11.1 Å². The van der Waals surface area contributed by atoms with Gasteiger partial charge in [0.05, 0.1) is 5.52 Å².